The number of nitrogens with two attached hydrogens (primary N) is 1. The Bertz CT molecular complexity index is 383. The van der Waals surface area contributed by atoms with Crippen molar-refractivity contribution in [3.8, 4) is 0 Å². The van der Waals surface area contributed by atoms with Gasteiger partial charge in [-0.15, -0.1) is 0 Å². The third kappa shape index (κ3) is 8.61. The Morgan fingerprint density at radius 2 is 1.59 bits per heavy atom. The van der Waals surface area contributed by atoms with Gasteiger partial charge in [-0.3, -0.25) is 9.59 Å². The van der Waals surface area contributed by atoms with Gasteiger partial charge in [0.15, 0.2) is 0 Å². The van der Waals surface area contributed by atoms with Crippen molar-refractivity contribution in [3.05, 3.63) is 0 Å². The van der Waals surface area contributed by atoms with E-state index in [9.17, 15) is 14.4 Å². The third-order valence-corrected chi connectivity index (χ3v) is 3.01. The molecule has 0 spiro atoms. The molecule has 2 atom stereocenters. The van der Waals surface area contributed by atoms with Crippen molar-refractivity contribution < 1.29 is 19.1 Å². The van der Waals surface area contributed by atoms with Crippen molar-refractivity contribution in [2.75, 3.05) is 13.7 Å². The molecule has 0 aliphatic carbocycles. The Morgan fingerprint density at radius 3 is 2.05 bits per heavy atom. The van der Waals surface area contributed by atoms with Crippen LogP contribution in [0.4, 0.5) is 0 Å². The number of rotatable bonds is 9. The third-order valence-electron chi connectivity index (χ3n) is 3.01. The largest absolute Gasteiger partial charge is 0.467 e. The Hall–Kier alpha value is -1.63. The lowest BCUT2D eigenvalue weighted by Gasteiger charge is -2.19. The first-order valence-electron chi connectivity index (χ1n) is 7.57. The number of carbonyl (C=O) groups is 3. The highest BCUT2D eigenvalue weighted by Gasteiger charge is 2.23. The van der Waals surface area contributed by atoms with Crippen LogP contribution in [0.15, 0.2) is 0 Å². The monoisotopic (exact) mass is 315 g/mol. The molecule has 4 N–H and O–H groups in total. The Kier molecular flexibility index (Phi) is 9.40. The zero-order valence-electron chi connectivity index (χ0n) is 14.1. The van der Waals surface area contributed by atoms with Crippen LogP contribution in [0.2, 0.25) is 0 Å². The number of amides is 2. The molecule has 0 aromatic carbocycles. The molecule has 22 heavy (non-hydrogen) atoms. The number of hydrogen-bond acceptors (Lipinski definition) is 5. The summed E-state index contributed by atoms with van der Waals surface area (Å²) in [5.74, 6) is -0.795. The van der Waals surface area contributed by atoms with Gasteiger partial charge in [0.2, 0.25) is 11.8 Å². The number of hydrogen-bond donors (Lipinski definition) is 3. The van der Waals surface area contributed by atoms with Gasteiger partial charge in [0, 0.05) is 0 Å². The molecular weight excluding hydrogens is 286 g/mol. The maximum Gasteiger partial charge on any atom is 0.328 e. The van der Waals surface area contributed by atoms with Crippen molar-refractivity contribution in [1.82, 2.24) is 10.6 Å². The highest BCUT2D eigenvalue weighted by atomic mass is 16.5. The smallest absolute Gasteiger partial charge is 0.328 e. The fourth-order valence-corrected chi connectivity index (χ4v) is 1.99. The van der Waals surface area contributed by atoms with E-state index in [0.717, 1.165) is 0 Å². The van der Waals surface area contributed by atoms with Crippen molar-refractivity contribution >= 4 is 17.8 Å². The maximum atomic E-state index is 11.8. The van der Waals surface area contributed by atoms with Gasteiger partial charge in [-0.25, -0.2) is 4.79 Å². The Balaban J connectivity index is 4.35. The quantitative estimate of drug-likeness (QED) is 0.526. The summed E-state index contributed by atoms with van der Waals surface area (Å²) in [7, 11) is 1.27. The second-order valence-electron chi connectivity index (χ2n) is 6.23. The van der Waals surface area contributed by atoms with Gasteiger partial charge < -0.3 is 21.1 Å². The van der Waals surface area contributed by atoms with Gasteiger partial charge in [-0.05, 0) is 24.7 Å². The van der Waals surface area contributed by atoms with Gasteiger partial charge in [0.1, 0.15) is 6.04 Å². The summed E-state index contributed by atoms with van der Waals surface area (Å²) in [5, 5.41) is 5.04. The van der Waals surface area contributed by atoms with E-state index < -0.39 is 24.0 Å². The van der Waals surface area contributed by atoms with Crippen LogP contribution in [0.5, 0.6) is 0 Å². The lowest BCUT2D eigenvalue weighted by atomic mass is 10.0. The molecule has 0 saturated carbocycles. The molecule has 2 unspecified atom stereocenters. The van der Waals surface area contributed by atoms with E-state index in [0.29, 0.717) is 18.8 Å². The average molecular weight is 315 g/mol. The van der Waals surface area contributed by atoms with Crippen LogP contribution in [-0.2, 0) is 19.1 Å². The van der Waals surface area contributed by atoms with Gasteiger partial charge in [0.25, 0.3) is 0 Å². The van der Waals surface area contributed by atoms with Crippen LogP contribution in [0.1, 0.15) is 40.5 Å². The molecule has 128 valence electrons. The summed E-state index contributed by atoms with van der Waals surface area (Å²) in [4.78, 5) is 35.2. The van der Waals surface area contributed by atoms with E-state index in [1.807, 2.05) is 27.7 Å². The lowest BCUT2D eigenvalue weighted by Crippen LogP contribution is -2.49. The van der Waals surface area contributed by atoms with Gasteiger partial charge in [-0.1, -0.05) is 27.7 Å². The normalized spacial score (nSPS) is 13.6. The Morgan fingerprint density at radius 1 is 1.05 bits per heavy atom. The molecular formula is C15H29N3O4. The van der Waals surface area contributed by atoms with E-state index in [1.54, 1.807) is 0 Å². The molecule has 0 aromatic heterocycles. The minimum absolute atomic E-state index is 0.212. The second kappa shape index (κ2) is 10.2. The molecule has 0 aliphatic heterocycles. The molecule has 0 bridgehead atoms. The SMILES string of the molecule is COC(=O)C(CC(C)C)NC(=O)CNC(=O)C(N)CC(C)C. The molecule has 2 amide bonds. The molecule has 0 radical (unpaired) electrons. The molecule has 0 fully saturated rings. The van der Waals surface area contributed by atoms with Crippen molar-refractivity contribution in [1.29, 1.82) is 0 Å². The van der Waals surface area contributed by atoms with E-state index >= 15 is 0 Å². The van der Waals surface area contributed by atoms with Crippen LogP contribution < -0.4 is 16.4 Å². The van der Waals surface area contributed by atoms with Crippen LogP contribution in [-0.4, -0.2) is 43.5 Å². The summed E-state index contributed by atoms with van der Waals surface area (Å²) in [6, 6.07) is -1.35. The van der Waals surface area contributed by atoms with Gasteiger partial charge in [0.05, 0.1) is 19.7 Å². The molecule has 0 rings (SSSR count). The molecule has 0 aromatic rings. The number of methoxy groups -OCH3 is 1. The molecule has 0 saturated heterocycles. The minimum Gasteiger partial charge on any atom is -0.467 e. The number of nitrogens with one attached hydrogen (secondary N) is 2. The average Bonchev–Trinajstić information content (AvgIpc) is 2.41. The molecule has 0 heterocycles. The van der Waals surface area contributed by atoms with E-state index in [1.165, 1.54) is 7.11 Å². The lowest BCUT2D eigenvalue weighted by molar-refractivity contribution is -0.145. The highest BCUT2D eigenvalue weighted by molar-refractivity contribution is 5.89. The zero-order valence-corrected chi connectivity index (χ0v) is 14.1. The summed E-state index contributed by atoms with van der Waals surface area (Å²) >= 11 is 0. The molecule has 7 nitrogen and oxygen atoms in total. The first-order chi connectivity index (χ1) is 10.2. The van der Waals surface area contributed by atoms with E-state index in [4.69, 9.17) is 5.73 Å². The van der Waals surface area contributed by atoms with E-state index in [-0.39, 0.29) is 18.4 Å². The molecule has 0 aliphatic rings. The maximum absolute atomic E-state index is 11.8. The first kappa shape index (κ1) is 20.4. The van der Waals surface area contributed by atoms with Gasteiger partial charge >= 0.3 is 5.97 Å². The van der Waals surface area contributed by atoms with Crippen molar-refractivity contribution in [2.24, 2.45) is 17.6 Å². The topological polar surface area (TPSA) is 111 Å². The van der Waals surface area contributed by atoms with Crippen LogP contribution in [0.25, 0.3) is 0 Å². The van der Waals surface area contributed by atoms with Crippen LogP contribution >= 0.6 is 0 Å². The predicted octanol–water partition coefficient (Wildman–Crippen LogP) is 0.180. The number of esters is 1. The summed E-state index contributed by atoms with van der Waals surface area (Å²) < 4.78 is 4.66. The van der Waals surface area contributed by atoms with Crippen molar-refractivity contribution in [2.45, 2.75) is 52.6 Å². The predicted molar refractivity (Wildman–Crippen MR) is 83.8 cm³/mol. The van der Waals surface area contributed by atoms with Crippen LogP contribution in [0, 0.1) is 11.8 Å². The van der Waals surface area contributed by atoms with E-state index in [2.05, 4.69) is 15.4 Å². The van der Waals surface area contributed by atoms with Crippen LogP contribution in [0.3, 0.4) is 0 Å². The number of ether oxygens (including phenoxy) is 1. The molecule has 7 heteroatoms. The number of carbonyl (C=O) groups excluding carboxylic acids is 3. The first-order valence-corrected chi connectivity index (χ1v) is 7.57. The second-order valence-corrected chi connectivity index (χ2v) is 6.23. The van der Waals surface area contributed by atoms with Gasteiger partial charge in [-0.2, -0.15) is 0 Å². The fourth-order valence-electron chi connectivity index (χ4n) is 1.99. The summed E-state index contributed by atoms with van der Waals surface area (Å²) in [6.07, 6.45) is 1.02. The zero-order chi connectivity index (χ0) is 17.3. The standard InChI is InChI=1S/C15H29N3O4/c1-9(2)6-11(16)14(20)17-8-13(19)18-12(7-10(3)4)15(21)22-5/h9-12H,6-8,16H2,1-5H3,(H,17,20)(H,18,19). The highest BCUT2D eigenvalue weighted by Crippen LogP contribution is 2.06. The minimum atomic E-state index is -0.710. The fraction of sp³-hybridized carbons (Fsp3) is 0.800. The summed E-state index contributed by atoms with van der Waals surface area (Å²) in [5.41, 5.74) is 5.72. The Labute approximate surface area is 132 Å². The summed E-state index contributed by atoms with van der Waals surface area (Å²) in [6.45, 7) is 7.60. The van der Waals surface area contributed by atoms with Crippen molar-refractivity contribution in [3.63, 3.8) is 0 Å².